The van der Waals surface area contributed by atoms with E-state index in [9.17, 15) is 14.7 Å². The number of nitrogens with one attached hydrogen (secondary N) is 1. The van der Waals surface area contributed by atoms with Crippen molar-refractivity contribution in [2.24, 2.45) is 0 Å². The summed E-state index contributed by atoms with van der Waals surface area (Å²) in [5.41, 5.74) is 2.42. The van der Waals surface area contributed by atoms with E-state index >= 15 is 0 Å². The zero-order valence-corrected chi connectivity index (χ0v) is 15.4. The Morgan fingerprint density at radius 1 is 1.04 bits per heavy atom. The molecular formula is C23H21NO4. The number of rotatable bonds is 4. The second kappa shape index (κ2) is 7.72. The Kier molecular flexibility index (Phi) is 4.98. The highest BCUT2D eigenvalue weighted by molar-refractivity contribution is 5.99. The van der Waals surface area contributed by atoms with Gasteiger partial charge in [0, 0.05) is 0 Å². The van der Waals surface area contributed by atoms with E-state index in [1.807, 2.05) is 42.5 Å². The van der Waals surface area contributed by atoms with Crippen LogP contribution < -0.4 is 5.32 Å². The minimum Gasteiger partial charge on any atom is -0.507 e. The molecule has 0 saturated carbocycles. The maximum Gasteiger partial charge on any atom is 0.342 e. The Morgan fingerprint density at radius 3 is 2.57 bits per heavy atom. The molecule has 0 aromatic heterocycles. The van der Waals surface area contributed by atoms with Crippen molar-refractivity contribution in [1.29, 1.82) is 0 Å². The molecule has 3 aromatic rings. The molecule has 1 aliphatic carbocycles. The molecule has 0 radical (unpaired) electrons. The lowest BCUT2D eigenvalue weighted by molar-refractivity contribution is -0.125. The van der Waals surface area contributed by atoms with Gasteiger partial charge in [0.25, 0.3) is 5.91 Å². The van der Waals surface area contributed by atoms with E-state index in [1.54, 1.807) is 6.07 Å². The number of aromatic hydroxyl groups is 1. The summed E-state index contributed by atoms with van der Waals surface area (Å²) in [4.78, 5) is 24.6. The summed E-state index contributed by atoms with van der Waals surface area (Å²) in [7, 11) is 0. The van der Waals surface area contributed by atoms with Gasteiger partial charge in [-0.1, -0.05) is 48.5 Å². The van der Waals surface area contributed by atoms with Crippen molar-refractivity contribution in [3.05, 3.63) is 77.4 Å². The van der Waals surface area contributed by atoms with Crippen molar-refractivity contribution >= 4 is 22.6 Å². The van der Waals surface area contributed by atoms with Gasteiger partial charge in [0.05, 0.1) is 6.04 Å². The van der Waals surface area contributed by atoms with Gasteiger partial charge in [0.15, 0.2) is 6.61 Å². The van der Waals surface area contributed by atoms with Crippen LogP contribution in [0.5, 0.6) is 5.75 Å². The Morgan fingerprint density at radius 2 is 1.75 bits per heavy atom. The molecule has 142 valence electrons. The predicted octanol–water partition coefficient (Wildman–Crippen LogP) is 3.90. The van der Waals surface area contributed by atoms with Crippen LogP contribution in [0, 0.1) is 0 Å². The third-order valence-electron chi connectivity index (χ3n) is 5.12. The second-order valence-electron chi connectivity index (χ2n) is 7.00. The maximum atomic E-state index is 12.3. The highest BCUT2D eigenvalue weighted by Crippen LogP contribution is 2.29. The van der Waals surface area contributed by atoms with Crippen molar-refractivity contribution in [2.45, 2.75) is 25.3 Å². The van der Waals surface area contributed by atoms with Gasteiger partial charge >= 0.3 is 5.97 Å². The topological polar surface area (TPSA) is 75.6 Å². The highest BCUT2D eigenvalue weighted by atomic mass is 16.5. The molecule has 0 spiro atoms. The predicted molar refractivity (Wildman–Crippen MR) is 106 cm³/mol. The maximum absolute atomic E-state index is 12.3. The molecule has 0 aliphatic heterocycles. The monoisotopic (exact) mass is 375 g/mol. The number of benzene rings is 3. The molecule has 28 heavy (non-hydrogen) atoms. The van der Waals surface area contributed by atoms with Crippen LogP contribution in [0.3, 0.4) is 0 Å². The standard InChI is InChI=1S/C23H21NO4/c25-21-13-17-8-2-1-7-16(17)12-19(21)23(27)28-14-22(26)24-20-11-5-9-15-6-3-4-10-18(15)20/h1-4,6-8,10,12-13,20,25H,5,9,11,14H2,(H,24,26). The minimum atomic E-state index is -0.720. The van der Waals surface area contributed by atoms with Crippen LogP contribution in [0.1, 0.15) is 40.4 Å². The average molecular weight is 375 g/mol. The highest BCUT2D eigenvalue weighted by Gasteiger charge is 2.22. The van der Waals surface area contributed by atoms with E-state index in [0.717, 1.165) is 35.6 Å². The molecule has 0 saturated heterocycles. The molecule has 5 heteroatoms. The van der Waals surface area contributed by atoms with Gasteiger partial charge in [0.2, 0.25) is 0 Å². The lowest BCUT2D eigenvalue weighted by Gasteiger charge is -2.26. The molecule has 4 rings (SSSR count). The van der Waals surface area contributed by atoms with Gasteiger partial charge in [0.1, 0.15) is 11.3 Å². The molecule has 1 amide bonds. The lowest BCUT2D eigenvalue weighted by Crippen LogP contribution is -2.34. The SMILES string of the molecule is O=C(COC(=O)c1cc2ccccc2cc1O)NC1CCCc2ccccc21. The first-order valence-corrected chi connectivity index (χ1v) is 9.38. The molecule has 0 fully saturated rings. The molecule has 5 nitrogen and oxygen atoms in total. The second-order valence-corrected chi connectivity index (χ2v) is 7.00. The molecular weight excluding hydrogens is 354 g/mol. The van der Waals surface area contributed by atoms with Gasteiger partial charge in [-0.3, -0.25) is 4.79 Å². The number of aryl methyl sites for hydroxylation is 1. The van der Waals surface area contributed by atoms with Crippen LogP contribution in [-0.4, -0.2) is 23.6 Å². The lowest BCUT2D eigenvalue weighted by atomic mass is 9.88. The van der Waals surface area contributed by atoms with E-state index in [2.05, 4.69) is 11.4 Å². The summed E-state index contributed by atoms with van der Waals surface area (Å²) in [6.07, 6.45) is 2.88. The van der Waals surface area contributed by atoms with Crippen LogP contribution >= 0.6 is 0 Å². The number of phenols is 1. The molecule has 0 bridgehead atoms. The Labute approximate surface area is 162 Å². The van der Waals surface area contributed by atoms with E-state index in [1.165, 1.54) is 11.6 Å². The van der Waals surface area contributed by atoms with E-state index in [4.69, 9.17) is 4.74 Å². The Hall–Kier alpha value is -3.34. The van der Waals surface area contributed by atoms with Gasteiger partial charge in [-0.2, -0.15) is 0 Å². The van der Waals surface area contributed by atoms with Gasteiger partial charge in [-0.15, -0.1) is 0 Å². The van der Waals surface area contributed by atoms with E-state index in [0.29, 0.717) is 0 Å². The smallest absolute Gasteiger partial charge is 0.342 e. The summed E-state index contributed by atoms with van der Waals surface area (Å²) in [5.74, 6) is -1.23. The summed E-state index contributed by atoms with van der Waals surface area (Å²) in [6, 6.07) is 18.5. The average Bonchev–Trinajstić information content (AvgIpc) is 2.72. The van der Waals surface area contributed by atoms with Gasteiger partial charge in [-0.25, -0.2) is 4.79 Å². The fourth-order valence-electron chi connectivity index (χ4n) is 3.74. The third-order valence-corrected chi connectivity index (χ3v) is 5.12. The molecule has 2 N–H and O–H groups in total. The molecule has 0 heterocycles. The normalized spacial score (nSPS) is 15.6. The quantitative estimate of drug-likeness (QED) is 0.678. The van der Waals surface area contributed by atoms with Gasteiger partial charge < -0.3 is 15.2 Å². The van der Waals surface area contributed by atoms with Crippen LogP contribution in [0.25, 0.3) is 10.8 Å². The number of hydrogen-bond acceptors (Lipinski definition) is 4. The number of ether oxygens (including phenoxy) is 1. The number of carbonyl (C=O) groups is 2. The fraction of sp³-hybridized carbons (Fsp3) is 0.217. The first-order valence-electron chi connectivity index (χ1n) is 9.38. The number of esters is 1. The van der Waals surface area contributed by atoms with Crippen molar-refractivity contribution in [2.75, 3.05) is 6.61 Å². The summed E-state index contributed by atoms with van der Waals surface area (Å²) in [5, 5.41) is 14.7. The van der Waals surface area contributed by atoms with Crippen molar-refractivity contribution in [3.8, 4) is 5.75 Å². The fourth-order valence-corrected chi connectivity index (χ4v) is 3.74. The first kappa shape index (κ1) is 18.0. The largest absolute Gasteiger partial charge is 0.507 e. The Balaban J connectivity index is 1.40. The third kappa shape index (κ3) is 3.69. The number of carbonyl (C=O) groups excluding carboxylic acids is 2. The van der Waals surface area contributed by atoms with E-state index in [-0.39, 0.29) is 29.9 Å². The zero-order valence-electron chi connectivity index (χ0n) is 15.4. The number of amides is 1. The summed E-state index contributed by atoms with van der Waals surface area (Å²) >= 11 is 0. The van der Waals surface area contributed by atoms with Crippen LogP contribution in [0.15, 0.2) is 60.7 Å². The zero-order chi connectivity index (χ0) is 19.5. The molecule has 1 unspecified atom stereocenters. The summed E-state index contributed by atoms with van der Waals surface area (Å²) in [6.45, 7) is -0.385. The van der Waals surface area contributed by atoms with Crippen molar-refractivity contribution in [1.82, 2.24) is 5.32 Å². The van der Waals surface area contributed by atoms with Crippen LogP contribution in [0.2, 0.25) is 0 Å². The number of phenolic OH excluding ortho intramolecular Hbond substituents is 1. The van der Waals surface area contributed by atoms with Crippen molar-refractivity contribution < 1.29 is 19.4 Å². The number of fused-ring (bicyclic) bond motifs is 2. The first-order chi connectivity index (χ1) is 13.6. The Bertz CT molecular complexity index is 1040. The molecule has 1 aliphatic rings. The van der Waals surface area contributed by atoms with Crippen molar-refractivity contribution in [3.63, 3.8) is 0 Å². The van der Waals surface area contributed by atoms with Gasteiger partial charge in [-0.05, 0) is 53.3 Å². The number of hydrogen-bond donors (Lipinski definition) is 2. The van der Waals surface area contributed by atoms with Crippen LogP contribution in [0.4, 0.5) is 0 Å². The summed E-state index contributed by atoms with van der Waals surface area (Å²) < 4.78 is 5.14. The molecule has 1 atom stereocenters. The van der Waals surface area contributed by atoms with E-state index < -0.39 is 5.97 Å². The molecule has 3 aromatic carbocycles. The van der Waals surface area contributed by atoms with Crippen LogP contribution in [-0.2, 0) is 16.0 Å². The minimum absolute atomic E-state index is 0.0505.